The third-order valence-electron chi connectivity index (χ3n) is 4.75. The Labute approximate surface area is 148 Å². The normalized spacial score (nSPS) is 18.0. The Morgan fingerprint density at radius 2 is 1.92 bits per heavy atom. The van der Waals surface area contributed by atoms with Crippen molar-refractivity contribution in [2.45, 2.75) is 45.2 Å². The van der Waals surface area contributed by atoms with Crippen molar-refractivity contribution < 1.29 is 19.1 Å². The molecule has 0 amide bonds. The molecule has 6 nitrogen and oxygen atoms in total. The van der Waals surface area contributed by atoms with Crippen LogP contribution in [-0.2, 0) is 6.54 Å². The zero-order valence-electron chi connectivity index (χ0n) is 15.3. The summed E-state index contributed by atoms with van der Waals surface area (Å²) in [5, 5.41) is 14.4. The molecule has 6 heteroatoms. The Balaban J connectivity index is 1.81. The van der Waals surface area contributed by atoms with Gasteiger partial charge >= 0.3 is 0 Å². The molecule has 3 rings (SSSR count). The highest BCUT2D eigenvalue weighted by atomic mass is 16.5. The molecule has 1 aromatic carbocycles. The van der Waals surface area contributed by atoms with E-state index in [1.165, 1.54) is 0 Å². The van der Waals surface area contributed by atoms with Gasteiger partial charge in [-0.2, -0.15) is 0 Å². The Morgan fingerprint density at radius 3 is 2.48 bits per heavy atom. The van der Waals surface area contributed by atoms with Gasteiger partial charge in [0.05, 0.1) is 20.3 Å². The SMILES string of the molecule is COc1cc(CN2CCC[C@@H]2c2cc(C(C)C)on2)cc(OC)c1O. The molecule has 1 N–H and O–H groups in total. The summed E-state index contributed by atoms with van der Waals surface area (Å²) in [5.74, 6) is 2.14. The van der Waals surface area contributed by atoms with Crippen LogP contribution in [-0.4, -0.2) is 35.9 Å². The summed E-state index contributed by atoms with van der Waals surface area (Å²) in [5.41, 5.74) is 2.03. The van der Waals surface area contributed by atoms with Crippen LogP contribution in [0.3, 0.4) is 0 Å². The molecular weight excluding hydrogens is 320 g/mol. The lowest BCUT2D eigenvalue weighted by Gasteiger charge is -2.23. The lowest BCUT2D eigenvalue weighted by Crippen LogP contribution is -2.23. The van der Waals surface area contributed by atoms with Gasteiger partial charge in [0.25, 0.3) is 0 Å². The van der Waals surface area contributed by atoms with Crippen LogP contribution < -0.4 is 9.47 Å². The third-order valence-corrected chi connectivity index (χ3v) is 4.75. The summed E-state index contributed by atoms with van der Waals surface area (Å²) in [4.78, 5) is 2.38. The third kappa shape index (κ3) is 3.58. The predicted molar refractivity (Wildman–Crippen MR) is 94.2 cm³/mol. The molecule has 0 radical (unpaired) electrons. The van der Waals surface area contributed by atoms with Crippen molar-refractivity contribution in [2.75, 3.05) is 20.8 Å². The molecule has 0 unspecified atom stereocenters. The van der Waals surface area contributed by atoms with Crippen LogP contribution in [0.4, 0.5) is 0 Å². The van der Waals surface area contributed by atoms with Crippen molar-refractivity contribution in [3.8, 4) is 17.2 Å². The van der Waals surface area contributed by atoms with Crippen LogP contribution in [0, 0.1) is 0 Å². The molecular formula is C19H26N2O4. The fraction of sp³-hybridized carbons (Fsp3) is 0.526. The number of nitrogens with zero attached hydrogens (tertiary/aromatic N) is 2. The summed E-state index contributed by atoms with van der Waals surface area (Å²) < 4.78 is 16.0. The van der Waals surface area contributed by atoms with Crippen molar-refractivity contribution in [3.63, 3.8) is 0 Å². The number of methoxy groups -OCH3 is 2. The molecule has 0 spiro atoms. The van der Waals surface area contributed by atoms with E-state index in [1.54, 1.807) is 14.2 Å². The number of hydrogen-bond acceptors (Lipinski definition) is 6. The van der Waals surface area contributed by atoms with E-state index in [2.05, 4.69) is 30.0 Å². The van der Waals surface area contributed by atoms with Crippen molar-refractivity contribution in [3.05, 3.63) is 35.2 Å². The van der Waals surface area contributed by atoms with Gasteiger partial charge in [-0.15, -0.1) is 0 Å². The van der Waals surface area contributed by atoms with E-state index in [0.717, 1.165) is 42.9 Å². The first-order chi connectivity index (χ1) is 12.0. The van der Waals surface area contributed by atoms with Crippen LogP contribution in [0.15, 0.2) is 22.7 Å². The number of ether oxygens (including phenoxy) is 2. The van der Waals surface area contributed by atoms with Crippen molar-refractivity contribution >= 4 is 0 Å². The smallest absolute Gasteiger partial charge is 0.200 e. The van der Waals surface area contributed by atoms with Crippen LogP contribution >= 0.6 is 0 Å². The molecule has 2 heterocycles. The van der Waals surface area contributed by atoms with E-state index in [9.17, 15) is 5.11 Å². The first kappa shape index (κ1) is 17.6. The van der Waals surface area contributed by atoms with Gasteiger partial charge in [-0.25, -0.2) is 0 Å². The fourth-order valence-corrected chi connectivity index (χ4v) is 3.36. The van der Waals surface area contributed by atoms with E-state index >= 15 is 0 Å². The van der Waals surface area contributed by atoms with E-state index < -0.39 is 0 Å². The highest BCUT2D eigenvalue weighted by Gasteiger charge is 2.29. The molecule has 1 aliphatic heterocycles. The van der Waals surface area contributed by atoms with E-state index in [4.69, 9.17) is 14.0 Å². The highest BCUT2D eigenvalue weighted by Crippen LogP contribution is 2.39. The quantitative estimate of drug-likeness (QED) is 0.857. The molecule has 25 heavy (non-hydrogen) atoms. The lowest BCUT2D eigenvalue weighted by molar-refractivity contribution is 0.235. The number of benzene rings is 1. The van der Waals surface area contributed by atoms with Gasteiger partial charge in [-0.05, 0) is 37.1 Å². The minimum absolute atomic E-state index is 0.0322. The first-order valence-electron chi connectivity index (χ1n) is 8.68. The lowest BCUT2D eigenvalue weighted by atomic mass is 10.1. The molecule has 0 saturated carbocycles. The van der Waals surface area contributed by atoms with Gasteiger partial charge in [0.1, 0.15) is 11.5 Å². The van der Waals surface area contributed by atoms with Crippen LogP contribution in [0.5, 0.6) is 17.2 Å². The van der Waals surface area contributed by atoms with Gasteiger partial charge < -0.3 is 19.1 Å². The van der Waals surface area contributed by atoms with Crippen molar-refractivity contribution in [1.29, 1.82) is 0 Å². The van der Waals surface area contributed by atoms with E-state index in [0.29, 0.717) is 17.4 Å². The average Bonchev–Trinajstić information content (AvgIpc) is 3.25. The van der Waals surface area contributed by atoms with Gasteiger partial charge in [-0.1, -0.05) is 19.0 Å². The maximum Gasteiger partial charge on any atom is 0.200 e. The maximum absolute atomic E-state index is 10.1. The number of aromatic hydroxyl groups is 1. The molecule has 1 fully saturated rings. The predicted octanol–water partition coefficient (Wildman–Crippen LogP) is 3.86. The number of aromatic nitrogens is 1. The standard InChI is InChI=1S/C19H26N2O4/c1-12(2)16-10-14(20-25-16)15-6-5-7-21(15)11-13-8-17(23-3)19(22)18(9-13)24-4/h8-10,12,15,22H,5-7,11H2,1-4H3/t15-/m1/s1. The topological polar surface area (TPSA) is 68.0 Å². The molecule has 1 saturated heterocycles. The largest absolute Gasteiger partial charge is 0.502 e. The molecule has 1 aromatic heterocycles. The highest BCUT2D eigenvalue weighted by molar-refractivity contribution is 5.52. The molecule has 1 aliphatic rings. The van der Waals surface area contributed by atoms with Crippen molar-refractivity contribution in [1.82, 2.24) is 10.1 Å². The molecule has 136 valence electrons. The Bertz CT molecular complexity index is 701. The Hall–Kier alpha value is -2.21. The summed E-state index contributed by atoms with van der Waals surface area (Å²) >= 11 is 0. The summed E-state index contributed by atoms with van der Waals surface area (Å²) in [6.45, 7) is 5.94. The zero-order chi connectivity index (χ0) is 18.0. The molecule has 2 aromatic rings. The minimum atomic E-state index is 0.0322. The number of rotatable bonds is 6. The fourth-order valence-electron chi connectivity index (χ4n) is 3.36. The van der Waals surface area contributed by atoms with Gasteiger partial charge in [-0.3, -0.25) is 4.90 Å². The average molecular weight is 346 g/mol. The number of hydrogen-bond donors (Lipinski definition) is 1. The van der Waals surface area contributed by atoms with Gasteiger partial charge in [0.2, 0.25) is 5.75 Å². The second-order valence-electron chi connectivity index (χ2n) is 6.79. The second-order valence-corrected chi connectivity index (χ2v) is 6.79. The Morgan fingerprint density at radius 1 is 1.24 bits per heavy atom. The maximum atomic E-state index is 10.1. The number of likely N-dealkylation sites (tertiary alicyclic amines) is 1. The number of phenolic OH excluding ortho intramolecular Hbond substituents is 1. The van der Waals surface area contributed by atoms with Crippen molar-refractivity contribution in [2.24, 2.45) is 0 Å². The van der Waals surface area contributed by atoms with E-state index in [-0.39, 0.29) is 11.8 Å². The minimum Gasteiger partial charge on any atom is -0.502 e. The summed E-state index contributed by atoms with van der Waals surface area (Å²) in [7, 11) is 3.08. The molecule has 0 aliphatic carbocycles. The summed E-state index contributed by atoms with van der Waals surface area (Å²) in [6.07, 6.45) is 2.19. The second kappa shape index (κ2) is 7.35. The van der Waals surface area contributed by atoms with Crippen LogP contribution in [0.1, 0.15) is 55.7 Å². The summed E-state index contributed by atoms with van der Waals surface area (Å²) in [6, 6.07) is 6.04. The van der Waals surface area contributed by atoms with Gasteiger partial charge in [0, 0.05) is 18.5 Å². The zero-order valence-corrected chi connectivity index (χ0v) is 15.3. The van der Waals surface area contributed by atoms with Gasteiger partial charge in [0.15, 0.2) is 11.5 Å². The van der Waals surface area contributed by atoms with E-state index in [1.807, 2.05) is 12.1 Å². The number of phenols is 1. The molecule has 0 bridgehead atoms. The van der Waals surface area contributed by atoms with Crippen LogP contribution in [0.25, 0.3) is 0 Å². The monoisotopic (exact) mass is 346 g/mol. The molecule has 1 atom stereocenters. The van der Waals surface area contributed by atoms with Crippen LogP contribution in [0.2, 0.25) is 0 Å². The Kier molecular flexibility index (Phi) is 5.18. The first-order valence-corrected chi connectivity index (χ1v) is 8.68.